The van der Waals surface area contributed by atoms with Crippen LogP contribution in [0.25, 0.3) is 0 Å². The van der Waals surface area contributed by atoms with Gasteiger partial charge < -0.3 is 15.0 Å². The number of rotatable bonds is 8. The number of hydrogen-bond donors (Lipinski definition) is 1. The molecule has 0 spiro atoms. The molecule has 2 rings (SSSR count). The van der Waals surface area contributed by atoms with E-state index in [9.17, 15) is 9.59 Å². The number of carbonyl (C=O) groups excluding carboxylic acids is 2. The number of benzene rings is 2. The van der Waals surface area contributed by atoms with E-state index in [-0.39, 0.29) is 11.7 Å². The molecule has 1 N–H and O–H groups in total. The Balaban J connectivity index is 1.76. The standard InChI is InChI=1S/C20H24N2O3/c1-22(2)17-11-9-16(10-12-17)21-20(24)6-4-5-19(23)15-7-13-18(25-3)14-8-15/h7-14H,4-6H2,1-3H3,(H,21,24). The normalized spacial score (nSPS) is 10.2. The maximum absolute atomic E-state index is 12.1. The quantitative estimate of drug-likeness (QED) is 0.744. The number of nitrogens with one attached hydrogen (secondary N) is 1. The van der Waals surface area contributed by atoms with Crippen molar-refractivity contribution in [1.82, 2.24) is 0 Å². The first-order valence-electron chi connectivity index (χ1n) is 8.24. The van der Waals surface area contributed by atoms with E-state index >= 15 is 0 Å². The summed E-state index contributed by atoms with van der Waals surface area (Å²) in [5.74, 6) is 0.669. The molecule has 0 aromatic heterocycles. The van der Waals surface area contributed by atoms with Crippen LogP contribution in [0.4, 0.5) is 11.4 Å². The number of Topliss-reactive ketones (excluding diaryl/α,β-unsaturated/α-hetero) is 1. The van der Waals surface area contributed by atoms with Gasteiger partial charge in [0.1, 0.15) is 5.75 Å². The molecule has 0 unspecified atom stereocenters. The van der Waals surface area contributed by atoms with Crippen LogP contribution in [-0.2, 0) is 4.79 Å². The summed E-state index contributed by atoms with van der Waals surface area (Å²) in [5.41, 5.74) is 2.47. The van der Waals surface area contributed by atoms with Gasteiger partial charge in [-0.3, -0.25) is 9.59 Å². The lowest BCUT2D eigenvalue weighted by atomic mass is 10.1. The summed E-state index contributed by atoms with van der Waals surface area (Å²) < 4.78 is 5.07. The molecule has 0 aliphatic rings. The van der Waals surface area contributed by atoms with E-state index in [1.54, 1.807) is 31.4 Å². The predicted octanol–water partition coefficient (Wildman–Crippen LogP) is 3.75. The summed E-state index contributed by atoms with van der Waals surface area (Å²) in [6, 6.07) is 14.6. The Morgan fingerprint density at radius 3 is 2.16 bits per heavy atom. The zero-order valence-corrected chi connectivity index (χ0v) is 14.9. The van der Waals surface area contributed by atoms with E-state index in [1.165, 1.54) is 0 Å². The number of hydrogen-bond acceptors (Lipinski definition) is 4. The van der Waals surface area contributed by atoms with Gasteiger partial charge in [-0.15, -0.1) is 0 Å². The van der Waals surface area contributed by atoms with Gasteiger partial charge in [0.15, 0.2) is 5.78 Å². The second kappa shape index (κ2) is 8.87. The van der Waals surface area contributed by atoms with Gasteiger partial charge >= 0.3 is 0 Å². The van der Waals surface area contributed by atoms with Gasteiger partial charge in [-0.25, -0.2) is 0 Å². The minimum Gasteiger partial charge on any atom is -0.497 e. The van der Waals surface area contributed by atoms with Gasteiger partial charge in [0, 0.05) is 43.9 Å². The molecule has 0 atom stereocenters. The second-order valence-corrected chi connectivity index (χ2v) is 5.99. The maximum Gasteiger partial charge on any atom is 0.224 e. The minimum atomic E-state index is -0.0832. The minimum absolute atomic E-state index is 0.0331. The molecule has 0 aliphatic carbocycles. The largest absolute Gasteiger partial charge is 0.497 e. The number of anilines is 2. The van der Waals surface area contributed by atoms with Crippen molar-refractivity contribution in [3.63, 3.8) is 0 Å². The van der Waals surface area contributed by atoms with Gasteiger partial charge in [0.2, 0.25) is 5.91 Å². The molecule has 0 aliphatic heterocycles. The molecule has 0 bridgehead atoms. The summed E-state index contributed by atoms with van der Waals surface area (Å²) in [6.45, 7) is 0. The molecule has 5 nitrogen and oxygen atoms in total. The maximum atomic E-state index is 12.1. The van der Waals surface area contributed by atoms with E-state index < -0.39 is 0 Å². The number of methoxy groups -OCH3 is 1. The van der Waals surface area contributed by atoms with Crippen molar-refractivity contribution in [2.45, 2.75) is 19.3 Å². The van der Waals surface area contributed by atoms with Crippen LogP contribution in [0.1, 0.15) is 29.6 Å². The molecule has 1 amide bonds. The van der Waals surface area contributed by atoms with E-state index in [0.29, 0.717) is 24.8 Å². The van der Waals surface area contributed by atoms with E-state index in [2.05, 4.69) is 5.32 Å². The third-order valence-electron chi connectivity index (χ3n) is 3.89. The molecule has 132 valence electrons. The topological polar surface area (TPSA) is 58.6 Å². The molecule has 0 saturated carbocycles. The third-order valence-corrected chi connectivity index (χ3v) is 3.89. The molecule has 2 aromatic rings. The van der Waals surface area contributed by atoms with Gasteiger partial charge in [0.05, 0.1) is 7.11 Å². The predicted molar refractivity (Wildman–Crippen MR) is 101 cm³/mol. The number of ketones is 1. The lowest BCUT2D eigenvalue weighted by molar-refractivity contribution is -0.116. The monoisotopic (exact) mass is 340 g/mol. The summed E-state index contributed by atoms with van der Waals surface area (Å²) in [6.07, 6.45) is 1.18. The fourth-order valence-corrected chi connectivity index (χ4v) is 2.40. The average molecular weight is 340 g/mol. The number of carbonyl (C=O) groups is 2. The fraction of sp³-hybridized carbons (Fsp3) is 0.300. The van der Waals surface area contributed by atoms with E-state index in [1.807, 2.05) is 43.3 Å². The second-order valence-electron chi connectivity index (χ2n) is 5.99. The van der Waals surface area contributed by atoms with Crippen molar-refractivity contribution < 1.29 is 14.3 Å². The van der Waals surface area contributed by atoms with Crippen molar-refractivity contribution in [1.29, 1.82) is 0 Å². The Labute approximate surface area is 148 Å². The highest BCUT2D eigenvalue weighted by molar-refractivity contribution is 5.97. The van der Waals surface area contributed by atoms with Crippen molar-refractivity contribution in [2.75, 3.05) is 31.4 Å². The first kappa shape index (κ1) is 18.5. The van der Waals surface area contributed by atoms with Crippen molar-refractivity contribution in [3.8, 4) is 5.75 Å². The number of nitrogens with zero attached hydrogens (tertiary/aromatic N) is 1. The Morgan fingerprint density at radius 1 is 0.960 bits per heavy atom. The molecule has 5 heteroatoms. The number of ether oxygens (including phenoxy) is 1. The van der Waals surface area contributed by atoms with Crippen LogP contribution < -0.4 is 15.0 Å². The van der Waals surface area contributed by atoms with Crippen LogP contribution in [0, 0.1) is 0 Å². The molecule has 0 fully saturated rings. The fourth-order valence-electron chi connectivity index (χ4n) is 2.40. The molecule has 0 saturated heterocycles. The van der Waals surface area contributed by atoms with E-state index in [4.69, 9.17) is 4.74 Å². The molecule has 0 heterocycles. The van der Waals surface area contributed by atoms with Crippen molar-refractivity contribution >= 4 is 23.1 Å². The molecule has 2 aromatic carbocycles. The SMILES string of the molecule is COc1ccc(C(=O)CCCC(=O)Nc2ccc(N(C)C)cc2)cc1. The van der Waals surface area contributed by atoms with Crippen LogP contribution in [-0.4, -0.2) is 32.9 Å². The zero-order valence-electron chi connectivity index (χ0n) is 14.9. The Hall–Kier alpha value is -2.82. The molecule has 25 heavy (non-hydrogen) atoms. The molecule has 0 radical (unpaired) electrons. The Kier molecular flexibility index (Phi) is 6.57. The van der Waals surface area contributed by atoms with Crippen molar-refractivity contribution in [3.05, 3.63) is 54.1 Å². The molecular weight excluding hydrogens is 316 g/mol. The lowest BCUT2D eigenvalue weighted by Crippen LogP contribution is -2.12. The summed E-state index contributed by atoms with van der Waals surface area (Å²) >= 11 is 0. The summed E-state index contributed by atoms with van der Waals surface area (Å²) in [4.78, 5) is 26.1. The number of amides is 1. The first-order valence-corrected chi connectivity index (χ1v) is 8.24. The Morgan fingerprint density at radius 2 is 1.60 bits per heavy atom. The smallest absolute Gasteiger partial charge is 0.224 e. The van der Waals surface area contributed by atoms with Crippen LogP contribution in [0.3, 0.4) is 0 Å². The molecular formula is C20H24N2O3. The van der Waals surface area contributed by atoms with Crippen LogP contribution in [0.2, 0.25) is 0 Å². The lowest BCUT2D eigenvalue weighted by Gasteiger charge is -2.13. The van der Waals surface area contributed by atoms with Gasteiger partial charge in [-0.2, -0.15) is 0 Å². The van der Waals surface area contributed by atoms with Gasteiger partial charge in [0.25, 0.3) is 0 Å². The highest BCUT2D eigenvalue weighted by Gasteiger charge is 2.08. The first-order chi connectivity index (χ1) is 12.0. The highest BCUT2D eigenvalue weighted by Crippen LogP contribution is 2.17. The van der Waals surface area contributed by atoms with Crippen LogP contribution in [0.5, 0.6) is 5.75 Å². The summed E-state index contributed by atoms with van der Waals surface area (Å²) in [5, 5.41) is 2.85. The highest BCUT2D eigenvalue weighted by atomic mass is 16.5. The van der Waals surface area contributed by atoms with Crippen LogP contribution >= 0.6 is 0 Å². The van der Waals surface area contributed by atoms with Crippen molar-refractivity contribution in [2.24, 2.45) is 0 Å². The van der Waals surface area contributed by atoms with Gasteiger partial charge in [-0.05, 0) is 55.0 Å². The summed E-state index contributed by atoms with van der Waals surface area (Å²) in [7, 11) is 5.52. The van der Waals surface area contributed by atoms with E-state index in [0.717, 1.165) is 17.1 Å². The third kappa shape index (κ3) is 5.64. The average Bonchev–Trinajstić information content (AvgIpc) is 2.62. The Bertz CT molecular complexity index is 707. The zero-order chi connectivity index (χ0) is 18.2. The van der Waals surface area contributed by atoms with Crippen LogP contribution in [0.15, 0.2) is 48.5 Å². The van der Waals surface area contributed by atoms with Gasteiger partial charge in [-0.1, -0.05) is 0 Å².